The third-order valence-electron chi connectivity index (χ3n) is 1.77. The lowest BCUT2D eigenvalue weighted by Crippen LogP contribution is -1.87. The minimum absolute atomic E-state index is 0.525. The summed E-state index contributed by atoms with van der Waals surface area (Å²) in [5.74, 6) is 1.41. The average Bonchev–Trinajstić information content (AvgIpc) is 2.15. The van der Waals surface area contributed by atoms with E-state index in [-0.39, 0.29) is 0 Å². The van der Waals surface area contributed by atoms with Crippen LogP contribution in [0.15, 0.2) is 24.3 Å². The van der Waals surface area contributed by atoms with Crippen molar-refractivity contribution in [2.24, 2.45) is 0 Å². The molecular weight excluding hydrogens is 184 g/mol. The number of rotatable bonds is 3. The van der Waals surface area contributed by atoms with Gasteiger partial charge in [-0.1, -0.05) is 23.8 Å². The third-order valence-corrected chi connectivity index (χ3v) is 1.95. The Morgan fingerprint density at radius 1 is 1.46 bits per heavy atom. The lowest BCUT2D eigenvalue weighted by molar-refractivity contribution is 0.413. The summed E-state index contributed by atoms with van der Waals surface area (Å²) >= 11 is 5.56. The first-order valence-electron chi connectivity index (χ1n) is 4.15. The molecule has 0 aliphatic heterocycles. The maximum absolute atomic E-state index is 5.56. The van der Waals surface area contributed by atoms with Crippen molar-refractivity contribution in [3.8, 4) is 5.75 Å². The van der Waals surface area contributed by atoms with E-state index in [4.69, 9.17) is 16.3 Å². The van der Waals surface area contributed by atoms with Gasteiger partial charge in [0.2, 0.25) is 0 Å². The van der Waals surface area contributed by atoms with Gasteiger partial charge in [-0.25, -0.2) is 0 Å². The SMILES string of the molecule is COc1ccc(C)cc1C=CCCl. The van der Waals surface area contributed by atoms with Crippen molar-refractivity contribution in [2.75, 3.05) is 13.0 Å². The first-order chi connectivity index (χ1) is 6.27. The highest BCUT2D eigenvalue weighted by molar-refractivity contribution is 6.19. The molecule has 0 radical (unpaired) electrons. The zero-order chi connectivity index (χ0) is 9.68. The van der Waals surface area contributed by atoms with Crippen LogP contribution < -0.4 is 4.74 Å². The number of allylic oxidation sites excluding steroid dienone is 1. The molecular formula is C11H13ClO. The summed E-state index contributed by atoms with van der Waals surface area (Å²) in [6.07, 6.45) is 3.87. The van der Waals surface area contributed by atoms with E-state index in [1.165, 1.54) is 5.56 Å². The van der Waals surface area contributed by atoms with Gasteiger partial charge in [-0.2, -0.15) is 0 Å². The second-order valence-electron chi connectivity index (χ2n) is 2.80. The standard InChI is InChI=1S/C11H13ClO/c1-9-5-6-11(13-2)10(8-9)4-3-7-12/h3-6,8H,7H2,1-2H3. The number of aryl methyl sites for hydroxylation is 1. The summed E-state index contributed by atoms with van der Waals surface area (Å²) in [4.78, 5) is 0. The van der Waals surface area contributed by atoms with Gasteiger partial charge in [-0.15, -0.1) is 11.6 Å². The summed E-state index contributed by atoms with van der Waals surface area (Å²) in [6, 6.07) is 6.06. The van der Waals surface area contributed by atoms with Crippen LogP contribution in [0, 0.1) is 6.92 Å². The molecule has 0 atom stereocenters. The van der Waals surface area contributed by atoms with E-state index in [0.29, 0.717) is 5.88 Å². The minimum atomic E-state index is 0.525. The first-order valence-corrected chi connectivity index (χ1v) is 4.68. The summed E-state index contributed by atoms with van der Waals surface area (Å²) in [6.45, 7) is 2.05. The molecule has 0 heterocycles. The largest absolute Gasteiger partial charge is 0.496 e. The van der Waals surface area contributed by atoms with E-state index in [9.17, 15) is 0 Å². The van der Waals surface area contributed by atoms with Crippen LogP contribution in [0.4, 0.5) is 0 Å². The van der Waals surface area contributed by atoms with Crippen LogP contribution in [0.25, 0.3) is 6.08 Å². The molecule has 1 rings (SSSR count). The number of hydrogen-bond acceptors (Lipinski definition) is 1. The molecule has 0 bridgehead atoms. The van der Waals surface area contributed by atoms with Crippen molar-refractivity contribution in [1.82, 2.24) is 0 Å². The molecule has 0 saturated carbocycles. The van der Waals surface area contributed by atoms with E-state index in [2.05, 4.69) is 13.0 Å². The Bertz CT molecular complexity index is 305. The second kappa shape index (κ2) is 4.93. The van der Waals surface area contributed by atoms with Crippen molar-refractivity contribution < 1.29 is 4.74 Å². The van der Waals surface area contributed by atoms with Gasteiger partial charge in [-0.3, -0.25) is 0 Å². The number of ether oxygens (including phenoxy) is 1. The molecule has 0 aromatic heterocycles. The molecule has 1 aromatic carbocycles. The molecule has 0 spiro atoms. The monoisotopic (exact) mass is 196 g/mol. The van der Waals surface area contributed by atoms with Gasteiger partial charge in [0.15, 0.2) is 0 Å². The van der Waals surface area contributed by atoms with Crippen molar-refractivity contribution in [3.05, 3.63) is 35.4 Å². The number of benzene rings is 1. The van der Waals surface area contributed by atoms with Gasteiger partial charge in [-0.05, 0) is 19.1 Å². The smallest absolute Gasteiger partial charge is 0.126 e. The summed E-state index contributed by atoms with van der Waals surface area (Å²) < 4.78 is 5.20. The van der Waals surface area contributed by atoms with Gasteiger partial charge in [0.25, 0.3) is 0 Å². The van der Waals surface area contributed by atoms with Crippen LogP contribution in [0.3, 0.4) is 0 Å². The van der Waals surface area contributed by atoms with Crippen LogP contribution >= 0.6 is 11.6 Å². The Morgan fingerprint density at radius 3 is 2.85 bits per heavy atom. The highest BCUT2D eigenvalue weighted by atomic mass is 35.5. The first kappa shape index (κ1) is 10.1. The number of alkyl halides is 1. The number of hydrogen-bond donors (Lipinski definition) is 0. The average molecular weight is 197 g/mol. The predicted octanol–water partition coefficient (Wildman–Crippen LogP) is 3.26. The lowest BCUT2D eigenvalue weighted by atomic mass is 10.1. The summed E-state index contributed by atoms with van der Waals surface area (Å²) in [5, 5.41) is 0. The highest BCUT2D eigenvalue weighted by Crippen LogP contribution is 2.20. The second-order valence-corrected chi connectivity index (χ2v) is 3.11. The van der Waals surface area contributed by atoms with Crippen LogP contribution in [0.1, 0.15) is 11.1 Å². The van der Waals surface area contributed by atoms with E-state index >= 15 is 0 Å². The van der Waals surface area contributed by atoms with Gasteiger partial charge >= 0.3 is 0 Å². The van der Waals surface area contributed by atoms with Crippen LogP contribution in [-0.4, -0.2) is 13.0 Å². The fourth-order valence-corrected chi connectivity index (χ4v) is 1.24. The molecule has 70 valence electrons. The Kier molecular flexibility index (Phi) is 3.84. The Morgan fingerprint density at radius 2 is 2.23 bits per heavy atom. The summed E-state index contributed by atoms with van der Waals surface area (Å²) in [5.41, 5.74) is 2.29. The molecule has 1 nitrogen and oxygen atoms in total. The van der Waals surface area contributed by atoms with Crippen molar-refractivity contribution >= 4 is 17.7 Å². The highest BCUT2D eigenvalue weighted by Gasteiger charge is 1.98. The Labute approximate surface area is 84.0 Å². The number of halogens is 1. The molecule has 1 aromatic rings. The fraction of sp³-hybridized carbons (Fsp3) is 0.273. The Hall–Kier alpha value is -0.950. The molecule has 0 saturated heterocycles. The minimum Gasteiger partial charge on any atom is -0.496 e. The molecule has 0 unspecified atom stereocenters. The molecule has 0 aliphatic rings. The quantitative estimate of drug-likeness (QED) is 0.675. The maximum atomic E-state index is 5.56. The van der Waals surface area contributed by atoms with Gasteiger partial charge in [0.05, 0.1) is 7.11 Å². The summed E-state index contributed by atoms with van der Waals surface area (Å²) in [7, 11) is 1.67. The van der Waals surface area contributed by atoms with Crippen molar-refractivity contribution in [1.29, 1.82) is 0 Å². The van der Waals surface area contributed by atoms with E-state index in [1.807, 2.05) is 24.3 Å². The molecule has 0 amide bonds. The zero-order valence-electron chi connectivity index (χ0n) is 7.88. The predicted molar refractivity (Wildman–Crippen MR) is 57.5 cm³/mol. The fourth-order valence-electron chi connectivity index (χ4n) is 1.16. The van der Waals surface area contributed by atoms with E-state index < -0.39 is 0 Å². The molecule has 13 heavy (non-hydrogen) atoms. The molecule has 0 N–H and O–H groups in total. The van der Waals surface area contributed by atoms with E-state index in [1.54, 1.807) is 7.11 Å². The topological polar surface area (TPSA) is 9.23 Å². The van der Waals surface area contributed by atoms with Gasteiger partial charge in [0, 0.05) is 11.4 Å². The lowest BCUT2D eigenvalue weighted by Gasteiger charge is -2.04. The van der Waals surface area contributed by atoms with Gasteiger partial charge < -0.3 is 4.74 Å². The zero-order valence-corrected chi connectivity index (χ0v) is 8.64. The normalized spacial score (nSPS) is 10.7. The van der Waals surface area contributed by atoms with Crippen LogP contribution in [0.2, 0.25) is 0 Å². The maximum Gasteiger partial charge on any atom is 0.126 e. The third kappa shape index (κ3) is 2.78. The van der Waals surface area contributed by atoms with Crippen molar-refractivity contribution in [2.45, 2.75) is 6.92 Å². The molecule has 2 heteroatoms. The number of methoxy groups -OCH3 is 1. The van der Waals surface area contributed by atoms with Crippen LogP contribution in [0.5, 0.6) is 5.75 Å². The molecule has 0 aliphatic carbocycles. The Balaban J connectivity index is 3.01. The van der Waals surface area contributed by atoms with Crippen LogP contribution in [-0.2, 0) is 0 Å². The van der Waals surface area contributed by atoms with Gasteiger partial charge in [0.1, 0.15) is 5.75 Å². The molecule has 0 fully saturated rings. The van der Waals surface area contributed by atoms with E-state index in [0.717, 1.165) is 11.3 Å². The van der Waals surface area contributed by atoms with Crippen molar-refractivity contribution in [3.63, 3.8) is 0 Å².